The molecule has 0 aliphatic rings. The Hall–Kier alpha value is -1.55. The van der Waals surface area contributed by atoms with Gasteiger partial charge in [-0.05, 0) is 38.8 Å². The molecule has 0 saturated heterocycles. The van der Waals surface area contributed by atoms with Crippen molar-refractivity contribution in [2.45, 2.75) is 52.6 Å². The summed E-state index contributed by atoms with van der Waals surface area (Å²) in [5.41, 5.74) is 1.43. The minimum absolute atomic E-state index is 0.101. The zero-order valence-electron chi connectivity index (χ0n) is 13.5. The van der Waals surface area contributed by atoms with Crippen LogP contribution in [0.1, 0.15) is 44.2 Å². The molecule has 0 aliphatic heterocycles. The maximum Gasteiger partial charge on any atom is 0.223 e. The molecule has 118 valence electrons. The first-order valence-corrected chi connectivity index (χ1v) is 7.53. The predicted octanol–water partition coefficient (Wildman–Crippen LogP) is 2.74. The third kappa shape index (κ3) is 6.63. The van der Waals surface area contributed by atoms with E-state index in [2.05, 4.69) is 11.4 Å². The molecule has 1 rings (SSSR count). The summed E-state index contributed by atoms with van der Waals surface area (Å²) in [6.45, 7) is 8.39. The molecule has 0 bridgehead atoms. The summed E-state index contributed by atoms with van der Waals surface area (Å²) in [5.74, 6) is 0.711. The lowest BCUT2D eigenvalue weighted by atomic mass is 10.0. The second kappa shape index (κ2) is 8.03. The van der Waals surface area contributed by atoms with E-state index in [1.165, 1.54) is 5.56 Å². The van der Waals surface area contributed by atoms with Crippen molar-refractivity contribution in [1.82, 2.24) is 5.32 Å². The van der Waals surface area contributed by atoms with Crippen molar-refractivity contribution >= 4 is 5.91 Å². The van der Waals surface area contributed by atoms with Crippen molar-refractivity contribution < 1.29 is 14.6 Å². The van der Waals surface area contributed by atoms with Crippen LogP contribution in [0.25, 0.3) is 0 Å². The van der Waals surface area contributed by atoms with E-state index in [-0.39, 0.29) is 18.9 Å². The van der Waals surface area contributed by atoms with Crippen LogP contribution in [0.15, 0.2) is 18.2 Å². The molecule has 0 saturated carbocycles. The second-order valence-corrected chi connectivity index (χ2v) is 5.89. The van der Waals surface area contributed by atoms with Crippen molar-refractivity contribution in [2.75, 3.05) is 13.2 Å². The van der Waals surface area contributed by atoms with Crippen LogP contribution in [-0.2, 0) is 4.79 Å². The smallest absolute Gasteiger partial charge is 0.223 e. The second-order valence-electron chi connectivity index (χ2n) is 5.89. The Balaban J connectivity index is 2.30. The van der Waals surface area contributed by atoms with Gasteiger partial charge in [0.1, 0.15) is 5.75 Å². The van der Waals surface area contributed by atoms with Gasteiger partial charge in [0, 0.05) is 6.54 Å². The lowest BCUT2D eigenvalue weighted by Gasteiger charge is -2.22. The average molecular weight is 293 g/mol. The first kappa shape index (κ1) is 17.5. The SMILES string of the molecule is CCCC(C)(O)CNC(=O)CCOc1ccc(C)cc1C. The van der Waals surface area contributed by atoms with Crippen molar-refractivity contribution in [3.8, 4) is 5.75 Å². The molecule has 1 aromatic carbocycles. The van der Waals surface area contributed by atoms with Crippen molar-refractivity contribution in [3.63, 3.8) is 0 Å². The van der Waals surface area contributed by atoms with Gasteiger partial charge in [0.25, 0.3) is 0 Å². The minimum atomic E-state index is -0.835. The van der Waals surface area contributed by atoms with E-state index in [4.69, 9.17) is 4.74 Å². The predicted molar refractivity (Wildman–Crippen MR) is 84.6 cm³/mol. The number of carbonyl (C=O) groups excluding carboxylic acids is 1. The van der Waals surface area contributed by atoms with E-state index >= 15 is 0 Å². The van der Waals surface area contributed by atoms with Crippen molar-refractivity contribution in [2.24, 2.45) is 0 Å². The highest BCUT2D eigenvalue weighted by Gasteiger charge is 2.19. The van der Waals surface area contributed by atoms with Gasteiger partial charge >= 0.3 is 0 Å². The Morgan fingerprint density at radius 1 is 1.38 bits per heavy atom. The molecule has 0 fully saturated rings. The van der Waals surface area contributed by atoms with Crippen LogP contribution in [0.3, 0.4) is 0 Å². The molecule has 2 N–H and O–H groups in total. The number of nitrogens with one attached hydrogen (secondary N) is 1. The molecular weight excluding hydrogens is 266 g/mol. The molecule has 0 spiro atoms. The molecular formula is C17H27NO3. The highest BCUT2D eigenvalue weighted by molar-refractivity contribution is 5.76. The molecule has 1 atom stereocenters. The van der Waals surface area contributed by atoms with Gasteiger partial charge in [0.05, 0.1) is 18.6 Å². The van der Waals surface area contributed by atoms with E-state index < -0.39 is 5.60 Å². The first-order valence-electron chi connectivity index (χ1n) is 7.53. The van der Waals surface area contributed by atoms with Gasteiger partial charge in [-0.25, -0.2) is 0 Å². The molecule has 4 heteroatoms. The fourth-order valence-corrected chi connectivity index (χ4v) is 2.22. The van der Waals surface area contributed by atoms with Crippen molar-refractivity contribution in [3.05, 3.63) is 29.3 Å². The number of carbonyl (C=O) groups is 1. The number of amides is 1. The molecule has 1 aromatic rings. The number of hydrogen-bond donors (Lipinski definition) is 2. The van der Waals surface area contributed by atoms with Crippen LogP contribution >= 0.6 is 0 Å². The van der Waals surface area contributed by atoms with Gasteiger partial charge in [-0.2, -0.15) is 0 Å². The summed E-state index contributed by atoms with van der Waals surface area (Å²) in [6.07, 6.45) is 1.85. The number of benzene rings is 1. The number of rotatable bonds is 8. The number of ether oxygens (including phenoxy) is 1. The van der Waals surface area contributed by atoms with Crippen LogP contribution in [0.4, 0.5) is 0 Å². The summed E-state index contributed by atoms with van der Waals surface area (Å²) in [7, 11) is 0. The Morgan fingerprint density at radius 3 is 2.71 bits per heavy atom. The van der Waals surface area contributed by atoms with Crippen LogP contribution in [-0.4, -0.2) is 29.8 Å². The quantitative estimate of drug-likeness (QED) is 0.775. The van der Waals surface area contributed by atoms with E-state index in [1.54, 1.807) is 6.92 Å². The molecule has 0 radical (unpaired) electrons. The Kier molecular flexibility index (Phi) is 6.69. The number of aliphatic hydroxyl groups is 1. The lowest BCUT2D eigenvalue weighted by molar-refractivity contribution is -0.122. The zero-order chi connectivity index (χ0) is 15.9. The third-order valence-electron chi connectivity index (χ3n) is 3.37. The highest BCUT2D eigenvalue weighted by Crippen LogP contribution is 2.18. The summed E-state index contributed by atoms with van der Waals surface area (Å²) in [6, 6.07) is 5.97. The molecule has 21 heavy (non-hydrogen) atoms. The van der Waals surface area contributed by atoms with Gasteiger partial charge in [-0.15, -0.1) is 0 Å². The summed E-state index contributed by atoms with van der Waals surface area (Å²) in [5, 5.41) is 12.7. The van der Waals surface area contributed by atoms with E-state index in [1.807, 2.05) is 32.9 Å². The third-order valence-corrected chi connectivity index (χ3v) is 3.37. The van der Waals surface area contributed by atoms with Crippen LogP contribution in [0.5, 0.6) is 5.75 Å². The van der Waals surface area contributed by atoms with Gasteiger partial charge in [-0.1, -0.05) is 31.0 Å². The van der Waals surface area contributed by atoms with Gasteiger partial charge in [-0.3, -0.25) is 4.79 Å². The van der Waals surface area contributed by atoms with Gasteiger partial charge in [0.15, 0.2) is 0 Å². The van der Waals surface area contributed by atoms with Gasteiger partial charge in [0.2, 0.25) is 5.91 Å². The maximum atomic E-state index is 11.7. The fraction of sp³-hybridized carbons (Fsp3) is 0.588. The van der Waals surface area contributed by atoms with E-state index in [9.17, 15) is 9.90 Å². The fourth-order valence-electron chi connectivity index (χ4n) is 2.22. The molecule has 0 heterocycles. The molecule has 1 unspecified atom stereocenters. The Morgan fingerprint density at radius 2 is 2.10 bits per heavy atom. The first-order chi connectivity index (χ1) is 9.84. The summed E-state index contributed by atoms with van der Waals surface area (Å²) >= 11 is 0. The summed E-state index contributed by atoms with van der Waals surface area (Å²) < 4.78 is 5.62. The molecule has 0 aromatic heterocycles. The van der Waals surface area contributed by atoms with Crippen LogP contribution in [0.2, 0.25) is 0 Å². The average Bonchev–Trinajstić information content (AvgIpc) is 2.39. The normalized spacial score (nSPS) is 13.6. The lowest BCUT2D eigenvalue weighted by Crippen LogP contribution is -2.40. The number of aryl methyl sites for hydroxylation is 2. The maximum absolute atomic E-state index is 11.7. The van der Waals surface area contributed by atoms with Gasteiger partial charge < -0.3 is 15.2 Å². The number of hydrogen-bond acceptors (Lipinski definition) is 3. The van der Waals surface area contributed by atoms with E-state index in [0.717, 1.165) is 17.7 Å². The molecule has 4 nitrogen and oxygen atoms in total. The Labute approximate surface area is 127 Å². The molecule has 0 aliphatic carbocycles. The monoisotopic (exact) mass is 293 g/mol. The standard InChI is InChI=1S/C17H27NO3/c1-5-9-17(4,20)12-18-16(19)8-10-21-15-7-6-13(2)11-14(15)3/h6-7,11,20H,5,8-10,12H2,1-4H3,(H,18,19). The van der Waals surface area contributed by atoms with Crippen LogP contribution in [0, 0.1) is 13.8 Å². The molecule has 1 amide bonds. The zero-order valence-corrected chi connectivity index (χ0v) is 13.5. The topological polar surface area (TPSA) is 58.6 Å². The largest absolute Gasteiger partial charge is 0.493 e. The Bertz CT molecular complexity index is 469. The van der Waals surface area contributed by atoms with E-state index in [0.29, 0.717) is 13.0 Å². The highest BCUT2D eigenvalue weighted by atomic mass is 16.5. The van der Waals surface area contributed by atoms with Crippen LogP contribution < -0.4 is 10.1 Å². The van der Waals surface area contributed by atoms with Crippen molar-refractivity contribution in [1.29, 1.82) is 0 Å². The summed E-state index contributed by atoms with van der Waals surface area (Å²) in [4.78, 5) is 11.7. The minimum Gasteiger partial charge on any atom is -0.493 e.